The van der Waals surface area contributed by atoms with Gasteiger partial charge in [0.1, 0.15) is 5.69 Å². The van der Waals surface area contributed by atoms with Crippen LogP contribution in [-0.4, -0.2) is 29.5 Å². The van der Waals surface area contributed by atoms with Crippen LogP contribution in [0.4, 0.5) is 13.2 Å². The number of nitrogens with zero attached hydrogens (tertiary/aromatic N) is 1. The van der Waals surface area contributed by atoms with Gasteiger partial charge in [-0.2, -0.15) is 13.2 Å². The lowest BCUT2D eigenvalue weighted by Gasteiger charge is -2.23. The third-order valence-electron chi connectivity index (χ3n) is 4.88. The number of benzene rings is 1. The van der Waals surface area contributed by atoms with Gasteiger partial charge in [-0.3, -0.25) is 9.78 Å². The fourth-order valence-corrected chi connectivity index (χ4v) is 3.51. The van der Waals surface area contributed by atoms with E-state index in [0.717, 1.165) is 36.2 Å². The number of hydrogen-bond donors (Lipinski definition) is 1. The van der Waals surface area contributed by atoms with Gasteiger partial charge in [-0.15, -0.1) is 0 Å². The van der Waals surface area contributed by atoms with E-state index in [9.17, 15) is 18.0 Å². The van der Waals surface area contributed by atoms with Crippen LogP contribution < -0.4 is 5.32 Å². The molecule has 1 aromatic carbocycles. The maximum Gasteiger partial charge on any atom is 0.417 e. The molecule has 0 spiro atoms. The summed E-state index contributed by atoms with van der Waals surface area (Å²) in [5.41, 5.74) is 1.02. The van der Waals surface area contributed by atoms with Crippen LogP contribution in [0.25, 0.3) is 0 Å². The minimum absolute atomic E-state index is 0.0303. The van der Waals surface area contributed by atoms with Gasteiger partial charge in [-0.1, -0.05) is 24.3 Å². The molecule has 4 nitrogen and oxygen atoms in total. The Labute approximate surface area is 148 Å². The van der Waals surface area contributed by atoms with E-state index in [1.807, 2.05) is 24.3 Å². The van der Waals surface area contributed by atoms with E-state index in [1.165, 1.54) is 0 Å². The number of ketones is 1. The maximum absolute atomic E-state index is 12.5. The molecular weight excluding hydrogens is 345 g/mol. The fourth-order valence-electron chi connectivity index (χ4n) is 3.51. The number of pyridine rings is 1. The van der Waals surface area contributed by atoms with E-state index in [-0.39, 0.29) is 30.1 Å². The normalized spacial score (nSPS) is 24.8. The number of rotatable bonds is 4. The Morgan fingerprint density at radius 3 is 2.50 bits per heavy atom. The Bertz CT molecular complexity index is 803. The molecule has 0 amide bonds. The molecule has 0 aliphatic carbocycles. The summed E-state index contributed by atoms with van der Waals surface area (Å²) in [5.74, 6) is -0.315. The second-order valence-electron chi connectivity index (χ2n) is 6.70. The van der Waals surface area contributed by atoms with E-state index < -0.39 is 11.7 Å². The molecule has 2 bridgehead atoms. The summed E-state index contributed by atoms with van der Waals surface area (Å²) in [4.78, 5) is 15.9. The van der Waals surface area contributed by atoms with Gasteiger partial charge in [-0.05, 0) is 29.7 Å². The Kier molecular flexibility index (Phi) is 4.28. The number of morpholine rings is 1. The molecule has 0 saturated carbocycles. The van der Waals surface area contributed by atoms with Crippen LogP contribution in [0.5, 0.6) is 0 Å². The smallest absolute Gasteiger partial charge is 0.367 e. The predicted octanol–water partition coefficient (Wildman–Crippen LogP) is 3.33. The number of fused-ring (bicyclic) bond motifs is 2. The van der Waals surface area contributed by atoms with E-state index >= 15 is 0 Å². The van der Waals surface area contributed by atoms with E-state index in [0.29, 0.717) is 12.2 Å². The first-order chi connectivity index (χ1) is 12.4. The summed E-state index contributed by atoms with van der Waals surface area (Å²) in [5, 5.41) is 3.42. The molecule has 3 heterocycles. The number of ether oxygens (including phenoxy) is 1. The minimum Gasteiger partial charge on any atom is -0.367 e. The van der Waals surface area contributed by atoms with Crippen molar-refractivity contribution < 1.29 is 22.7 Å². The predicted molar refractivity (Wildman–Crippen MR) is 87.7 cm³/mol. The van der Waals surface area contributed by atoms with Crippen molar-refractivity contribution in [3.63, 3.8) is 0 Å². The lowest BCUT2D eigenvalue weighted by Crippen LogP contribution is -2.33. The molecule has 136 valence electrons. The maximum atomic E-state index is 12.5. The summed E-state index contributed by atoms with van der Waals surface area (Å²) in [6, 6.07) is 9.92. The highest BCUT2D eigenvalue weighted by Crippen LogP contribution is 2.36. The molecule has 1 N–H and O–H groups in total. The van der Waals surface area contributed by atoms with Crippen molar-refractivity contribution in [3.8, 4) is 0 Å². The van der Waals surface area contributed by atoms with Crippen LogP contribution in [0, 0.1) is 0 Å². The van der Waals surface area contributed by atoms with Gasteiger partial charge >= 0.3 is 6.18 Å². The molecule has 0 radical (unpaired) electrons. The number of aromatic nitrogens is 1. The molecular formula is C19H17F3N2O2. The topological polar surface area (TPSA) is 51.2 Å². The van der Waals surface area contributed by atoms with Crippen LogP contribution in [0.15, 0.2) is 42.6 Å². The van der Waals surface area contributed by atoms with Crippen molar-refractivity contribution >= 4 is 5.78 Å². The third-order valence-corrected chi connectivity index (χ3v) is 4.88. The number of carbonyl (C=O) groups excluding carboxylic acids is 1. The molecule has 4 rings (SSSR count). The molecule has 3 atom stereocenters. The Balaban J connectivity index is 1.41. The minimum atomic E-state index is -4.46. The summed E-state index contributed by atoms with van der Waals surface area (Å²) in [6.07, 6.45) is -2.34. The molecule has 2 aliphatic rings. The number of nitrogens with one attached hydrogen (secondary N) is 1. The highest BCUT2D eigenvalue weighted by atomic mass is 19.4. The SMILES string of the molecule is O=C(Cc1ccc([C@H]2O[C@@H]3CN[C@H]2C3)cc1)c1ccc(C(F)(F)F)cn1. The third kappa shape index (κ3) is 3.37. The van der Waals surface area contributed by atoms with E-state index in [1.54, 1.807) is 0 Å². The largest absolute Gasteiger partial charge is 0.417 e. The summed E-state index contributed by atoms with van der Waals surface area (Å²) in [7, 11) is 0. The number of carbonyl (C=O) groups is 1. The summed E-state index contributed by atoms with van der Waals surface area (Å²) < 4.78 is 43.6. The zero-order valence-corrected chi connectivity index (χ0v) is 13.8. The zero-order chi connectivity index (χ0) is 18.3. The van der Waals surface area contributed by atoms with Crippen molar-refractivity contribution in [2.75, 3.05) is 6.54 Å². The fraction of sp³-hybridized carbons (Fsp3) is 0.368. The second-order valence-corrected chi connectivity index (χ2v) is 6.70. The Morgan fingerprint density at radius 2 is 1.96 bits per heavy atom. The van der Waals surface area contributed by atoms with Crippen LogP contribution in [0.3, 0.4) is 0 Å². The van der Waals surface area contributed by atoms with Crippen molar-refractivity contribution in [1.29, 1.82) is 0 Å². The van der Waals surface area contributed by atoms with Gasteiger partial charge in [0.05, 0.1) is 17.8 Å². The summed E-state index contributed by atoms with van der Waals surface area (Å²) in [6.45, 7) is 0.897. The molecule has 2 fully saturated rings. The number of hydrogen-bond acceptors (Lipinski definition) is 4. The molecule has 0 unspecified atom stereocenters. The van der Waals surface area contributed by atoms with Gasteiger partial charge in [-0.25, -0.2) is 0 Å². The van der Waals surface area contributed by atoms with Gasteiger partial charge in [0.2, 0.25) is 0 Å². The van der Waals surface area contributed by atoms with Crippen LogP contribution in [0.2, 0.25) is 0 Å². The van der Waals surface area contributed by atoms with Crippen LogP contribution in [-0.2, 0) is 17.3 Å². The number of alkyl halides is 3. The molecule has 2 aromatic rings. The first-order valence-corrected chi connectivity index (χ1v) is 8.44. The molecule has 26 heavy (non-hydrogen) atoms. The first kappa shape index (κ1) is 17.2. The number of halogens is 3. The monoisotopic (exact) mass is 362 g/mol. The van der Waals surface area contributed by atoms with Gasteiger partial charge in [0.25, 0.3) is 0 Å². The van der Waals surface area contributed by atoms with Gasteiger partial charge in [0, 0.05) is 25.2 Å². The Morgan fingerprint density at radius 1 is 1.19 bits per heavy atom. The second kappa shape index (κ2) is 6.48. The van der Waals surface area contributed by atoms with Crippen molar-refractivity contribution in [1.82, 2.24) is 10.3 Å². The molecule has 1 aromatic heterocycles. The number of Topliss-reactive ketones (excluding diaryl/α,β-unsaturated/α-hetero) is 1. The quantitative estimate of drug-likeness (QED) is 0.848. The first-order valence-electron chi connectivity index (χ1n) is 8.44. The standard InChI is InChI=1S/C19H17F3N2O2/c20-19(21,22)13-5-6-15(23-9-13)17(25)7-11-1-3-12(4-2-11)18-16-8-14(26-18)10-24-16/h1-6,9,14,16,18,24H,7-8,10H2/t14-,16-,18+/m0/s1. The molecule has 2 aliphatic heterocycles. The van der Waals surface area contributed by atoms with E-state index in [4.69, 9.17) is 4.74 Å². The molecule has 2 saturated heterocycles. The van der Waals surface area contributed by atoms with Crippen LogP contribution in [0.1, 0.15) is 39.7 Å². The van der Waals surface area contributed by atoms with Crippen molar-refractivity contribution in [2.24, 2.45) is 0 Å². The van der Waals surface area contributed by atoms with Gasteiger partial charge < -0.3 is 10.1 Å². The Hall–Kier alpha value is -2.25. The van der Waals surface area contributed by atoms with Crippen LogP contribution >= 0.6 is 0 Å². The zero-order valence-electron chi connectivity index (χ0n) is 13.8. The lowest BCUT2D eigenvalue weighted by atomic mass is 9.99. The average molecular weight is 362 g/mol. The molecule has 7 heteroatoms. The van der Waals surface area contributed by atoms with Gasteiger partial charge in [0.15, 0.2) is 5.78 Å². The average Bonchev–Trinajstić information content (AvgIpc) is 3.25. The lowest BCUT2D eigenvalue weighted by molar-refractivity contribution is -0.137. The van der Waals surface area contributed by atoms with E-state index in [2.05, 4.69) is 10.3 Å². The summed E-state index contributed by atoms with van der Waals surface area (Å²) >= 11 is 0. The highest BCUT2D eigenvalue weighted by molar-refractivity contribution is 5.95. The van der Waals surface area contributed by atoms with Crippen molar-refractivity contribution in [2.45, 2.75) is 37.3 Å². The van der Waals surface area contributed by atoms with Crippen molar-refractivity contribution in [3.05, 3.63) is 65.0 Å². The highest BCUT2D eigenvalue weighted by Gasteiger charge is 2.41.